The highest BCUT2D eigenvalue weighted by Crippen LogP contribution is 2.39. The van der Waals surface area contributed by atoms with E-state index in [9.17, 15) is 0 Å². The second-order valence-corrected chi connectivity index (χ2v) is 6.72. The van der Waals surface area contributed by atoms with Gasteiger partial charge in [-0.3, -0.25) is 0 Å². The molecule has 1 aromatic carbocycles. The van der Waals surface area contributed by atoms with E-state index in [1.165, 1.54) is 34.7 Å². The summed E-state index contributed by atoms with van der Waals surface area (Å²) in [5, 5.41) is 4.70. The molecule has 0 amide bonds. The molecule has 1 N–H and O–H groups in total. The quantitative estimate of drug-likeness (QED) is 0.917. The molecule has 1 unspecified atom stereocenters. The van der Waals surface area contributed by atoms with Crippen LogP contribution in [-0.2, 0) is 6.42 Å². The Morgan fingerprint density at radius 2 is 2.29 bits per heavy atom. The van der Waals surface area contributed by atoms with Gasteiger partial charge in [-0.1, -0.05) is 30.4 Å². The Bertz CT molecular complexity index is 620. The molecule has 0 aliphatic heterocycles. The number of fused-ring (bicyclic) bond motifs is 1. The van der Waals surface area contributed by atoms with Crippen LogP contribution >= 0.6 is 11.3 Å². The van der Waals surface area contributed by atoms with Gasteiger partial charge in [0, 0.05) is 23.7 Å². The van der Waals surface area contributed by atoms with Crippen molar-refractivity contribution < 1.29 is 0 Å². The highest BCUT2D eigenvalue weighted by Gasteiger charge is 2.25. The minimum absolute atomic E-state index is 0.496. The normalized spacial score (nSPS) is 17.6. The fraction of sp³-hybridized carbons (Fsp3) is 0.471. The molecule has 0 saturated heterocycles. The molecule has 1 atom stereocenters. The lowest BCUT2D eigenvalue weighted by Crippen LogP contribution is -2.23. The minimum atomic E-state index is 0.496. The van der Waals surface area contributed by atoms with E-state index in [2.05, 4.69) is 55.4 Å². The predicted molar refractivity (Wildman–Crippen MR) is 90.7 cm³/mol. The zero-order chi connectivity index (χ0) is 14.8. The highest BCUT2D eigenvalue weighted by molar-refractivity contribution is 7.15. The van der Waals surface area contributed by atoms with E-state index >= 15 is 0 Å². The van der Waals surface area contributed by atoms with Gasteiger partial charge in [-0.25, -0.2) is 4.98 Å². The van der Waals surface area contributed by atoms with E-state index in [4.69, 9.17) is 4.98 Å². The van der Waals surface area contributed by atoms with Gasteiger partial charge in [0.2, 0.25) is 0 Å². The summed E-state index contributed by atoms with van der Waals surface area (Å²) in [7, 11) is 2.11. The first-order valence-electron chi connectivity index (χ1n) is 7.72. The number of aryl methyl sites for hydroxylation is 2. The summed E-state index contributed by atoms with van der Waals surface area (Å²) in [5.74, 6) is 0. The van der Waals surface area contributed by atoms with Gasteiger partial charge in [0.05, 0.1) is 5.69 Å². The summed E-state index contributed by atoms with van der Waals surface area (Å²) in [6, 6.07) is 9.09. The van der Waals surface area contributed by atoms with Gasteiger partial charge in [0.25, 0.3) is 0 Å². The Kier molecular flexibility index (Phi) is 4.27. The molecule has 112 valence electrons. The molecular weight excluding hydrogens is 278 g/mol. The molecule has 0 fully saturated rings. The van der Waals surface area contributed by atoms with Crippen LogP contribution in [-0.4, -0.2) is 18.6 Å². The number of benzene rings is 1. The van der Waals surface area contributed by atoms with Crippen molar-refractivity contribution in [3.63, 3.8) is 0 Å². The van der Waals surface area contributed by atoms with E-state index in [0.29, 0.717) is 6.04 Å². The molecule has 3 nitrogen and oxygen atoms in total. The second-order valence-electron chi connectivity index (χ2n) is 5.71. The smallest absolute Gasteiger partial charge is 0.190 e. The highest BCUT2D eigenvalue weighted by atomic mass is 32.1. The van der Waals surface area contributed by atoms with Crippen molar-refractivity contribution in [2.45, 2.75) is 39.2 Å². The third-order valence-corrected chi connectivity index (χ3v) is 5.35. The SMILES string of the molecule is CCNC1CCCc2nc(N(C)c3cccc(C)c3)sc21. The summed E-state index contributed by atoms with van der Waals surface area (Å²) in [4.78, 5) is 8.54. The third-order valence-electron chi connectivity index (χ3n) is 4.07. The number of hydrogen-bond acceptors (Lipinski definition) is 4. The third kappa shape index (κ3) is 2.97. The molecule has 1 aliphatic carbocycles. The molecule has 21 heavy (non-hydrogen) atoms. The first-order valence-corrected chi connectivity index (χ1v) is 8.54. The Balaban J connectivity index is 1.90. The number of anilines is 2. The van der Waals surface area contributed by atoms with Crippen LogP contribution in [0.3, 0.4) is 0 Å². The number of hydrogen-bond donors (Lipinski definition) is 1. The largest absolute Gasteiger partial charge is 0.321 e. The molecule has 0 radical (unpaired) electrons. The van der Waals surface area contributed by atoms with Crippen molar-refractivity contribution in [2.75, 3.05) is 18.5 Å². The fourth-order valence-electron chi connectivity index (χ4n) is 2.94. The fourth-order valence-corrected chi connectivity index (χ4v) is 4.14. The van der Waals surface area contributed by atoms with Crippen LogP contribution in [0.2, 0.25) is 0 Å². The first kappa shape index (κ1) is 14.5. The van der Waals surface area contributed by atoms with E-state index < -0.39 is 0 Å². The van der Waals surface area contributed by atoms with Crippen LogP contribution in [0.4, 0.5) is 10.8 Å². The standard InChI is InChI=1S/C17H23N3S/c1-4-18-14-9-6-10-15-16(14)21-17(19-15)20(3)13-8-5-7-12(2)11-13/h5,7-8,11,14,18H,4,6,9-10H2,1-3H3. The summed E-state index contributed by atoms with van der Waals surface area (Å²) in [6.45, 7) is 5.32. The molecule has 3 rings (SSSR count). The van der Waals surface area contributed by atoms with E-state index in [1.807, 2.05) is 11.3 Å². The van der Waals surface area contributed by atoms with Crippen molar-refractivity contribution in [1.82, 2.24) is 10.3 Å². The topological polar surface area (TPSA) is 28.2 Å². The van der Waals surface area contributed by atoms with Gasteiger partial charge in [0.15, 0.2) is 5.13 Å². The Labute approximate surface area is 131 Å². The number of rotatable bonds is 4. The Hall–Kier alpha value is -1.39. The van der Waals surface area contributed by atoms with Crippen molar-refractivity contribution >= 4 is 22.2 Å². The van der Waals surface area contributed by atoms with E-state index in [-0.39, 0.29) is 0 Å². The molecule has 2 aromatic rings. The number of nitrogens with zero attached hydrogens (tertiary/aromatic N) is 2. The molecule has 0 spiro atoms. The average Bonchev–Trinajstić information content (AvgIpc) is 2.92. The van der Waals surface area contributed by atoms with Crippen LogP contribution < -0.4 is 10.2 Å². The summed E-state index contributed by atoms with van der Waals surface area (Å²) >= 11 is 1.84. The molecule has 0 saturated carbocycles. The summed E-state index contributed by atoms with van der Waals surface area (Å²) in [6.07, 6.45) is 3.59. The minimum Gasteiger partial charge on any atom is -0.321 e. The maximum absolute atomic E-state index is 4.89. The van der Waals surface area contributed by atoms with Crippen LogP contribution in [0.15, 0.2) is 24.3 Å². The van der Waals surface area contributed by atoms with E-state index in [1.54, 1.807) is 0 Å². The molecular formula is C17H23N3S. The van der Waals surface area contributed by atoms with Crippen LogP contribution in [0.25, 0.3) is 0 Å². The molecule has 1 heterocycles. The Morgan fingerprint density at radius 3 is 3.05 bits per heavy atom. The van der Waals surface area contributed by atoms with Gasteiger partial charge >= 0.3 is 0 Å². The maximum Gasteiger partial charge on any atom is 0.190 e. The van der Waals surface area contributed by atoms with Gasteiger partial charge in [-0.05, 0) is 50.4 Å². The van der Waals surface area contributed by atoms with Crippen LogP contribution in [0.1, 0.15) is 41.9 Å². The summed E-state index contributed by atoms with van der Waals surface area (Å²) < 4.78 is 0. The lowest BCUT2D eigenvalue weighted by molar-refractivity contribution is 0.476. The number of aromatic nitrogens is 1. The second kappa shape index (κ2) is 6.16. The molecule has 1 aliphatic rings. The summed E-state index contributed by atoms with van der Waals surface area (Å²) in [5.41, 5.74) is 3.79. The van der Waals surface area contributed by atoms with Crippen molar-refractivity contribution in [3.8, 4) is 0 Å². The van der Waals surface area contributed by atoms with Gasteiger partial charge < -0.3 is 10.2 Å². The van der Waals surface area contributed by atoms with Crippen molar-refractivity contribution in [1.29, 1.82) is 0 Å². The van der Waals surface area contributed by atoms with Crippen LogP contribution in [0, 0.1) is 6.92 Å². The van der Waals surface area contributed by atoms with Crippen molar-refractivity contribution in [2.24, 2.45) is 0 Å². The van der Waals surface area contributed by atoms with Gasteiger partial charge in [-0.2, -0.15) is 0 Å². The lowest BCUT2D eigenvalue weighted by Gasteiger charge is -2.21. The van der Waals surface area contributed by atoms with Crippen molar-refractivity contribution in [3.05, 3.63) is 40.4 Å². The monoisotopic (exact) mass is 301 g/mol. The average molecular weight is 301 g/mol. The number of thiazole rings is 1. The zero-order valence-corrected chi connectivity index (χ0v) is 13.8. The van der Waals surface area contributed by atoms with Gasteiger partial charge in [-0.15, -0.1) is 0 Å². The number of nitrogens with one attached hydrogen (secondary N) is 1. The van der Waals surface area contributed by atoms with Gasteiger partial charge in [0.1, 0.15) is 0 Å². The zero-order valence-electron chi connectivity index (χ0n) is 13.0. The first-order chi connectivity index (χ1) is 10.2. The molecule has 0 bridgehead atoms. The lowest BCUT2D eigenvalue weighted by atomic mass is 9.98. The predicted octanol–water partition coefficient (Wildman–Crippen LogP) is 4.21. The molecule has 1 aromatic heterocycles. The Morgan fingerprint density at radius 1 is 1.43 bits per heavy atom. The van der Waals surface area contributed by atoms with E-state index in [0.717, 1.165) is 18.1 Å². The molecule has 4 heteroatoms. The van der Waals surface area contributed by atoms with Crippen LogP contribution in [0.5, 0.6) is 0 Å². The maximum atomic E-state index is 4.89.